The Morgan fingerprint density at radius 3 is 2.38 bits per heavy atom. The van der Waals surface area contributed by atoms with Crippen LogP contribution in [-0.2, 0) is 21.5 Å². The summed E-state index contributed by atoms with van der Waals surface area (Å²) >= 11 is 0. The van der Waals surface area contributed by atoms with E-state index in [0.717, 1.165) is 36.1 Å². The highest BCUT2D eigenvalue weighted by Gasteiger charge is 2.52. The maximum atomic E-state index is 13.1. The molecular weight excluding hydrogens is 330 g/mol. The van der Waals surface area contributed by atoms with Gasteiger partial charge in [-0.15, -0.1) is 0 Å². The minimum Gasteiger partial charge on any atom is -0.341 e. The molecule has 3 rings (SSSR count). The van der Waals surface area contributed by atoms with Crippen molar-refractivity contribution in [3.63, 3.8) is 0 Å². The summed E-state index contributed by atoms with van der Waals surface area (Å²) < 4.78 is 0. The summed E-state index contributed by atoms with van der Waals surface area (Å²) in [4.78, 5) is 41.1. The number of amides is 4. The zero-order valence-corrected chi connectivity index (χ0v) is 15.7. The highest BCUT2D eigenvalue weighted by atomic mass is 16.2. The van der Waals surface area contributed by atoms with Crippen LogP contribution in [-0.4, -0.2) is 46.8 Å². The van der Waals surface area contributed by atoms with Crippen molar-refractivity contribution < 1.29 is 14.4 Å². The summed E-state index contributed by atoms with van der Waals surface area (Å²) in [6.45, 7) is 6.85. The zero-order valence-electron chi connectivity index (χ0n) is 15.7. The first-order valence-electron chi connectivity index (χ1n) is 9.42. The third-order valence-electron chi connectivity index (χ3n) is 5.45. The first-order valence-corrected chi connectivity index (χ1v) is 9.42. The van der Waals surface area contributed by atoms with E-state index in [2.05, 4.69) is 12.2 Å². The Morgan fingerprint density at radius 2 is 1.81 bits per heavy atom. The predicted molar refractivity (Wildman–Crippen MR) is 98.4 cm³/mol. The third kappa shape index (κ3) is 3.08. The number of aryl methyl sites for hydroxylation is 1. The lowest BCUT2D eigenvalue weighted by atomic mass is 9.90. The number of carbonyl (C=O) groups excluding carboxylic acids is 3. The quantitative estimate of drug-likeness (QED) is 0.823. The van der Waals surface area contributed by atoms with Crippen molar-refractivity contribution in [2.24, 2.45) is 0 Å². The minimum absolute atomic E-state index is 0.159. The highest BCUT2D eigenvalue weighted by molar-refractivity contribution is 6.09. The molecule has 0 bridgehead atoms. The topological polar surface area (TPSA) is 69.7 Å². The SMILES string of the molecule is CCCc1ccc([C@@]2(C)NC(=O)N([C@H](C)C(=O)N3CCCC3)C2=O)cc1. The van der Waals surface area contributed by atoms with E-state index in [1.54, 1.807) is 18.7 Å². The second-order valence-corrected chi connectivity index (χ2v) is 7.39. The van der Waals surface area contributed by atoms with E-state index >= 15 is 0 Å². The second-order valence-electron chi connectivity index (χ2n) is 7.39. The fraction of sp³-hybridized carbons (Fsp3) is 0.550. The molecule has 140 valence electrons. The Kier molecular flexibility index (Phi) is 5.03. The number of carbonyl (C=O) groups is 3. The maximum Gasteiger partial charge on any atom is 0.326 e. The van der Waals surface area contributed by atoms with Crippen LogP contribution in [0.2, 0.25) is 0 Å². The summed E-state index contributed by atoms with van der Waals surface area (Å²) in [6, 6.07) is 6.46. The van der Waals surface area contributed by atoms with Gasteiger partial charge in [0.05, 0.1) is 0 Å². The van der Waals surface area contributed by atoms with Gasteiger partial charge >= 0.3 is 6.03 Å². The molecular formula is C20H27N3O3. The molecule has 0 aromatic heterocycles. The highest BCUT2D eigenvalue weighted by Crippen LogP contribution is 2.31. The van der Waals surface area contributed by atoms with Crippen LogP contribution in [0.3, 0.4) is 0 Å². The molecule has 6 heteroatoms. The predicted octanol–water partition coefficient (Wildman–Crippen LogP) is 2.42. The molecule has 2 atom stereocenters. The number of benzene rings is 1. The number of likely N-dealkylation sites (tertiary alicyclic amines) is 1. The van der Waals surface area contributed by atoms with Crippen molar-refractivity contribution in [2.45, 2.75) is 58.0 Å². The minimum atomic E-state index is -1.14. The first-order chi connectivity index (χ1) is 12.4. The molecule has 6 nitrogen and oxygen atoms in total. The van der Waals surface area contributed by atoms with Gasteiger partial charge in [-0.3, -0.25) is 9.59 Å². The van der Waals surface area contributed by atoms with Crippen LogP contribution in [0.5, 0.6) is 0 Å². The normalized spacial score (nSPS) is 24.1. The lowest BCUT2D eigenvalue weighted by molar-refractivity contribution is -0.142. The van der Waals surface area contributed by atoms with Gasteiger partial charge in [-0.05, 0) is 44.2 Å². The van der Waals surface area contributed by atoms with Crippen molar-refractivity contribution in [2.75, 3.05) is 13.1 Å². The number of nitrogens with one attached hydrogen (secondary N) is 1. The molecule has 2 heterocycles. The Bertz CT molecular complexity index is 710. The molecule has 1 aromatic carbocycles. The first kappa shape index (κ1) is 18.4. The molecule has 0 radical (unpaired) electrons. The Balaban J connectivity index is 1.81. The van der Waals surface area contributed by atoms with Gasteiger partial charge in [-0.1, -0.05) is 37.6 Å². The van der Waals surface area contributed by atoms with Crippen LogP contribution < -0.4 is 5.32 Å². The van der Waals surface area contributed by atoms with Gasteiger partial charge in [0.25, 0.3) is 5.91 Å². The standard InChI is InChI=1S/C20H27N3O3/c1-4-7-15-8-10-16(11-9-15)20(3)18(25)23(19(26)21-20)14(2)17(24)22-12-5-6-13-22/h8-11,14H,4-7,12-13H2,1-3H3,(H,21,26)/t14-,20-/m1/s1. The molecule has 2 aliphatic heterocycles. The average Bonchev–Trinajstić information content (AvgIpc) is 3.23. The van der Waals surface area contributed by atoms with Crippen LogP contribution >= 0.6 is 0 Å². The average molecular weight is 357 g/mol. The summed E-state index contributed by atoms with van der Waals surface area (Å²) in [6.07, 6.45) is 3.97. The van der Waals surface area contributed by atoms with Crippen molar-refractivity contribution >= 4 is 17.8 Å². The van der Waals surface area contributed by atoms with Crippen LogP contribution in [0, 0.1) is 0 Å². The van der Waals surface area contributed by atoms with E-state index in [1.807, 2.05) is 24.3 Å². The number of hydrogen-bond donors (Lipinski definition) is 1. The van der Waals surface area contributed by atoms with Crippen molar-refractivity contribution in [3.8, 4) is 0 Å². The molecule has 2 saturated heterocycles. The van der Waals surface area contributed by atoms with Crippen molar-refractivity contribution in [3.05, 3.63) is 35.4 Å². The Hall–Kier alpha value is -2.37. The number of imide groups is 1. The number of hydrogen-bond acceptors (Lipinski definition) is 3. The van der Waals surface area contributed by atoms with Crippen molar-refractivity contribution in [1.29, 1.82) is 0 Å². The van der Waals surface area contributed by atoms with Crippen LogP contribution in [0.4, 0.5) is 4.79 Å². The van der Waals surface area contributed by atoms with Gasteiger partial charge in [-0.2, -0.15) is 0 Å². The summed E-state index contributed by atoms with van der Waals surface area (Å²) in [5.74, 6) is -0.528. The number of urea groups is 1. The fourth-order valence-electron chi connectivity index (χ4n) is 3.81. The Morgan fingerprint density at radius 1 is 1.19 bits per heavy atom. The molecule has 0 aliphatic carbocycles. The van der Waals surface area contributed by atoms with Gasteiger partial charge in [0, 0.05) is 13.1 Å². The van der Waals surface area contributed by atoms with E-state index in [1.165, 1.54) is 5.56 Å². The van der Waals surface area contributed by atoms with Gasteiger partial charge in [0.15, 0.2) is 0 Å². The lowest BCUT2D eigenvalue weighted by Crippen LogP contribution is -2.49. The molecule has 4 amide bonds. The second kappa shape index (κ2) is 7.09. The molecule has 26 heavy (non-hydrogen) atoms. The molecule has 2 fully saturated rings. The summed E-state index contributed by atoms with van der Waals surface area (Å²) in [7, 11) is 0. The molecule has 1 N–H and O–H groups in total. The van der Waals surface area contributed by atoms with Crippen molar-refractivity contribution in [1.82, 2.24) is 15.1 Å². The van der Waals surface area contributed by atoms with E-state index in [-0.39, 0.29) is 11.8 Å². The van der Waals surface area contributed by atoms with Gasteiger partial charge in [-0.25, -0.2) is 9.69 Å². The van der Waals surface area contributed by atoms with E-state index < -0.39 is 17.6 Å². The number of nitrogens with zero attached hydrogens (tertiary/aromatic N) is 2. The van der Waals surface area contributed by atoms with Crippen LogP contribution in [0.15, 0.2) is 24.3 Å². The molecule has 0 unspecified atom stereocenters. The van der Waals surface area contributed by atoms with E-state index in [9.17, 15) is 14.4 Å². The van der Waals surface area contributed by atoms with Crippen LogP contribution in [0.1, 0.15) is 51.2 Å². The largest absolute Gasteiger partial charge is 0.341 e. The molecule has 0 spiro atoms. The zero-order chi connectivity index (χ0) is 18.9. The molecule has 2 aliphatic rings. The summed E-state index contributed by atoms with van der Waals surface area (Å²) in [5, 5.41) is 2.79. The van der Waals surface area contributed by atoms with E-state index in [0.29, 0.717) is 13.1 Å². The summed E-state index contributed by atoms with van der Waals surface area (Å²) in [5.41, 5.74) is 0.798. The van der Waals surface area contributed by atoms with Crippen LogP contribution in [0.25, 0.3) is 0 Å². The third-order valence-corrected chi connectivity index (χ3v) is 5.45. The van der Waals surface area contributed by atoms with Gasteiger partial charge < -0.3 is 10.2 Å². The monoisotopic (exact) mass is 357 g/mol. The molecule has 1 aromatic rings. The van der Waals surface area contributed by atoms with E-state index in [4.69, 9.17) is 0 Å². The smallest absolute Gasteiger partial charge is 0.326 e. The van der Waals surface area contributed by atoms with Gasteiger partial charge in [0.2, 0.25) is 5.91 Å². The molecule has 0 saturated carbocycles. The fourth-order valence-corrected chi connectivity index (χ4v) is 3.81. The lowest BCUT2D eigenvalue weighted by Gasteiger charge is -2.27. The Labute approximate surface area is 154 Å². The number of rotatable bonds is 5. The van der Waals surface area contributed by atoms with Gasteiger partial charge in [0.1, 0.15) is 11.6 Å². The maximum absolute atomic E-state index is 13.1.